The minimum Gasteiger partial charge on any atom is -0.453 e. The van der Waals surface area contributed by atoms with Gasteiger partial charge in [-0.2, -0.15) is 31.4 Å². The largest absolute Gasteiger partial charge is 0.453 e. The molecule has 5 N–H and O–H groups in total. The highest BCUT2D eigenvalue weighted by molar-refractivity contribution is 5.87. The second-order valence-electron chi connectivity index (χ2n) is 21.6. The fourth-order valence-corrected chi connectivity index (χ4v) is 9.74. The van der Waals surface area contributed by atoms with Crippen molar-refractivity contribution in [3.8, 4) is 23.1 Å². The van der Waals surface area contributed by atoms with Gasteiger partial charge in [0.25, 0.3) is 5.91 Å². The van der Waals surface area contributed by atoms with E-state index in [1.165, 1.54) is 18.2 Å². The van der Waals surface area contributed by atoms with Crippen LogP contribution in [0.1, 0.15) is 75.3 Å². The second kappa shape index (κ2) is 23.6. The zero-order chi connectivity index (χ0) is 58.1. The minimum atomic E-state index is -5.21. The number of aromatic nitrogens is 3. The number of carbonyl (C=O) groups is 4. The molecule has 6 heterocycles. The first-order valence-corrected chi connectivity index (χ1v) is 25.8. The van der Waals surface area contributed by atoms with Crippen LogP contribution in [0.25, 0.3) is 11.3 Å². The van der Waals surface area contributed by atoms with Crippen LogP contribution < -0.4 is 26.3 Å². The van der Waals surface area contributed by atoms with Gasteiger partial charge in [-0.25, -0.2) is 28.4 Å². The molecule has 1 saturated carbocycles. The average Bonchev–Trinajstić information content (AvgIpc) is 4.26. The third kappa shape index (κ3) is 13.2. The number of alkyl carbamates (subject to hydrolysis) is 2. The van der Waals surface area contributed by atoms with Crippen molar-refractivity contribution in [3.63, 3.8) is 0 Å². The van der Waals surface area contributed by atoms with Crippen LogP contribution in [0.15, 0.2) is 67.0 Å². The summed E-state index contributed by atoms with van der Waals surface area (Å²) in [5.74, 6) is 1.28. The number of hydrogen-bond acceptors (Lipinski definition) is 13. The van der Waals surface area contributed by atoms with Crippen LogP contribution in [0.5, 0.6) is 0 Å². The van der Waals surface area contributed by atoms with Gasteiger partial charge in [-0.3, -0.25) is 24.6 Å². The summed E-state index contributed by atoms with van der Waals surface area (Å²) in [6.07, 6.45) is -12.3. The number of aliphatic hydroxyl groups excluding tert-OH is 1. The number of alkyl halides is 6. The Hall–Kier alpha value is -7.08. The van der Waals surface area contributed by atoms with Gasteiger partial charge in [-0.1, -0.05) is 24.0 Å². The van der Waals surface area contributed by atoms with Gasteiger partial charge < -0.3 is 40.2 Å². The van der Waals surface area contributed by atoms with Crippen molar-refractivity contribution in [3.05, 3.63) is 101 Å². The lowest BCUT2D eigenvalue weighted by Gasteiger charge is -2.60. The molecule has 0 spiro atoms. The number of rotatable bonds is 19. The predicted octanol–water partition coefficient (Wildman–Crippen LogP) is 6.17. The number of amides is 4. The molecule has 5 aliphatic rings. The number of aliphatic hydroxyl groups is 1. The molecule has 4 aliphatic heterocycles. The Morgan fingerprint density at radius 3 is 2.00 bits per heavy atom. The van der Waals surface area contributed by atoms with Crippen molar-refractivity contribution in [2.45, 2.75) is 121 Å². The Kier molecular flexibility index (Phi) is 17.4. The third-order valence-corrected chi connectivity index (χ3v) is 15.1. The molecule has 18 nitrogen and oxygen atoms in total. The maximum absolute atomic E-state index is 16.2. The Labute approximate surface area is 455 Å². The number of fused-ring (bicyclic) bond motifs is 2. The number of piperazine rings is 1. The van der Waals surface area contributed by atoms with Crippen LogP contribution in [0.4, 0.5) is 50.5 Å². The summed E-state index contributed by atoms with van der Waals surface area (Å²) in [7, 11) is 1.86. The molecule has 0 unspecified atom stereocenters. The van der Waals surface area contributed by atoms with E-state index < -0.39 is 108 Å². The van der Waals surface area contributed by atoms with E-state index in [4.69, 9.17) is 9.47 Å². The van der Waals surface area contributed by atoms with Gasteiger partial charge in [-0.15, -0.1) is 0 Å². The van der Waals surface area contributed by atoms with Crippen LogP contribution in [-0.2, 0) is 36.8 Å². The molecular formula is C54H62F8N10O8. The Balaban J connectivity index is 1.07. The number of nitrogens with one attached hydrogen (secondary N) is 4. The number of anilines is 1. The lowest BCUT2D eigenvalue weighted by molar-refractivity contribution is -0.239. The molecule has 432 valence electrons. The van der Waals surface area contributed by atoms with E-state index in [2.05, 4.69) is 47.2 Å². The standard InChI is InChI=1S/C54H62F8N10O8/c1-51(2,53(57,58)59)45(66-50(77)78-6)47(74)65-42(19-31-10-7-30(8-11-31)9-12-32-13-16-44(64-23-32)69-24-35-22-36(25-69)72(35)37-28-79-29-37)43(73)27-70(68-48(75)46(80-49(76)63-5)52(3,4)54(60,61)62)26-38-39(55)20-33(21-40(38)56)41-17-18-71(67-41)34-14-15-34/h7-8,10-11,13,16-18,20-21,23,34-37,42-43,45-46,73H,14-15,19,22,24-29H2,1-6H3,(H,63,76)(H,65,74)(H,66,77)(H,68,75)/t35-,36-,42-,43-,45+,46+/m0/s1. The molecule has 5 fully saturated rings. The maximum atomic E-state index is 16.2. The molecule has 1 aliphatic carbocycles. The second-order valence-corrected chi connectivity index (χ2v) is 21.6. The topological polar surface area (TPSA) is 205 Å². The molecular weight excluding hydrogens is 1070 g/mol. The highest BCUT2D eigenvalue weighted by atomic mass is 19.4. The smallest absolute Gasteiger partial charge is 0.407 e. The lowest BCUT2D eigenvalue weighted by Crippen LogP contribution is -2.74. The van der Waals surface area contributed by atoms with Crippen LogP contribution >= 0.6 is 0 Å². The summed E-state index contributed by atoms with van der Waals surface area (Å²) in [5.41, 5.74) is -3.20. The Morgan fingerprint density at radius 2 is 1.45 bits per heavy atom. The number of hydrogen-bond donors (Lipinski definition) is 5. The lowest BCUT2D eigenvalue weighted by atomic mass is 9.82. The van der Waals surface area contributed by atoms with E-state index >= 15 is 8.78 Å². The summed E-state index contributed by atoms with van der Waals surface area (Å²) in [6.45, 7) is 3.52. The van der Waals surface area contributed by atoms with Gasteiger partial charge in [0, 0.05) is 80.0 Å². The van der Waals surface area contributed by atoms with Gasteiger partial charge >= 0.3 is 24.5 Å². The fraction of sp³-hybridized carbons (Fsp3) is 0.519. The van der Waals surface area contributed by atoms with E-state index in [1.54, 1.807) is 29.2 Å². The van der Waals surface area contributed by atoms with E-state index in [0.717, 1.165) is 77.7 Å². The molecule has 6 atom stereocenters. The van der Waals surface area contributed by atoms with E-state index in [0.29, 0.717) is 67.5 Å². The molecule has 2 bridgehead atoms. The summed E-state index contributed by atoms with van der Waals surface area (Å²) < 4.78 is 136. The first-order valence-electron chi connectivity index (χ1n) is 25.8. The highest BCUT2D eigenvalue weighted by Crippen LogP contribution is 2.43. The summed E-state index contributed by atoms with van der Waals surface area (Å²) in [4.78, 5) is 62.4. The van der Waals surface area contributed by atoms with Crippen LogP contribution in [0.3, 0.4) is 0 Å². The normalized spacial score (nSPS) is 19.3. The molecule has 0 radical (unpaired) electrons. The summed E-state index contributed by atoms with van der Waals surface area (Å²) in [6, 6.07) is 10.7. The third-order valence-electron chi connectivity index (χ3n) is 15.1. The molecule has 2 aromatic heterocycles. The van der Waals surface area contributed by atoms with Crippen molar-refractivity contribution in [2.75, 3.05) is 51.9 Å². The quantitative estimate of drug-likeness (QED) is 0.0406. The Bertz CT molecular complexity index is 2920. The van der Waals surface area contributed by atoms with Crippen LogP contribution in [0.2, 0.25) is 0 Å². The zero-order valence-corrected chi connectivity index (χ0v) is 44.6. The van der Waals surface area contributed by atoms with Gasteiger partial charge in [0.05, 0.1) is 55.7 Å². The number of nitrogens with zero attached hydrogens (tertiary/aromatic N) is 6. The molecule has 4 amide bonds. The number of benzene rings is 2. The van der Waals surface area contributed by atoms with Crippen molar-refractivity contribution in [1.29, 1.82) is 0 Å². The first-order chi connectivity index (χ1) is 37.7. The molecule has 80 heavy (non-hydrogen) atoms. The van der Waals surface area contributed by atoms with Gasteiger partial charge in [0.2, 0.25) is 5.91 Å². The molecule has 4 saturated heterocycles. The fourth-order valence-electron chi connectivity index (χ4n) is 9.74. The summed E-state index contributed by atoms with van der Waals surface area (Å²) in [5, 5.41) is 23.3. The van der Waals surface area contributed by atoms with Crippen LogP contribution in [0, 0.1) is 34.3 Å². The number of hydrazine groups is 1. The minimum absolute atomic E-state index is 0.00348. The van der Waals surface area contributed by atoms with Gasteiger partial charge in [0.15, 0.2) is 6.10 Å². The number of halogens is 8. The zero-order valence-electron chi connectivity index (χ0n) is 44.6. The number of pyridine rings is 1. The number of ether oxygens (including phenoxy) is 3. The monoisotopic (exact) mass is 1130 g/mol. The van der Waals surface area contributed by atoms with Crippen LogP contribution in [-0.4, -0.2) is 156 Å². The van der Waals surface area contributed by atoms with Gasteiger partial charge in [0.1, 0.15) is 28.9 Å². The SMILES string of the molecule is CNC(=O)O[C@H](C(=O)NN(Cc1c(F)cc(-c2ccn(C3CC3)n2)cc1F)C[C@H](O)[C@H](Cc1ccc(C#Cc2ccc(N3C[C@@H]4C[C@@H](C3)N4C3COC3)nc2)cc1)NC(=O)[C@@H](NC(=O)OC)C(C)(C)C(F)(F)F)C(C)(C)C(F)(F)F. The number of piperidine rings is 1. The summed E-state index contributed by atoms with van der Waals surface area (Å²) >= 11 is 0. The molecule has 2 aromatic carbocycles. The number of methoxy groups -OCH3 is 1. The van der Waals surface area contributed by atoms with E-state index in [9.17, 15) is 50.6 Å². The first kappa shape index (κ1) is 59.1. The highest BCUT2D eigenvalue weighted by Gasteiger charge is 2.58. The molecule has 26 heteroatoms. The van der Waals surface area contributed by atoms with Crippen molar-refractivity contribution in [2.24, 2.45) is 10.8 Å². The van der Waals surface area contributed by atoms with E-state index in [1.807, 2.05) is 22.8 Å². The Morgan fingerprint density at radius 1 is 0.825 bits per heavy atom. The van der Waals surface area contributed by atoms with Gasteiger partial charge in [-0.05, 0) is 101 Å². The number of carbonyl (C=O) groups excluding carboxylic acids is 4. The van der Waals surface area contributed by atoms with Crippen molar-refractivity contribution >= 4 is 29.8 Å². The molecule has 9 rings (SSSR count). The molecule has 4 aromatic rings. The van der Waals surface area contributed by atoms with Crippen molar-refractivity contribution < 1.29 is 73.6 Å². The maximum Gasteiger partial charge on any atom is 0.407 e. The predicted molar refractivity (Wildman–Crippen MR) is 272 cm³/mol. The van der Waals surface area contributed by atoms with E-state index in [-0.39, 0.29) is 17.3 Å². The average molecular weight is 1130 g/mol. The van der Waals surface area contributed by atoms with Crippen molar-refractivity contribution in [1.82, 2.24) is 46.0 Å².